The first-order valence-electron chi connectivity index (χ1n) is 4.79. The summed E-state index contributed by atoms with van der Waals surface area (Å²) in [6, 6.07) is 0. The summed E-state index contributed by atoms with van der Waals surface area (Å²) in [5, 5.41) is 10.6. The molecule has 0 amide bonds. The standard InChI is InChI=1S/C8H16N4O2S/c1-3-15(13,14)5-4-9-6-8-11-10-7-12(8)2/h7,9H,3-6H2,1-2H3. The number of nitrogens with zero attached hydrogens (tertiary/aromatic N) is 3. The molecule has 0 aliphatic carbocycles. The van der Waals surface area contributed by atoms with Gasteiger partial charge < -0.3 is 9.88 Å². The number of aryl methyl sites for hydroxylation is 1. The van der Waals surface area contributed by atoms with E-state index in [0.717, 1.165) is 5.82 Å². The zero-order valence-electron chi connectivity index (χ0n) is 8.97. The number of nitrogens with one attached hydrogen (secondary N) is 1. The topological polar surface area (TPSA) is 76.9 Å². The first kappa shape index (κ1) is 12.1. The molecule has 6 nitrogen and oxygen atoms in total. The smallest absolute Gasteiger partial charge is 0.151 e. The van der Waals surface area contributed by atoms with Gasteiger partial charge in [-0.3, -0.25) is 0 Å². The normalized spacial score (nSPS) is 11.9. The third-order valence-corrected chi connectivity index (χ3v) is 3.82. The van der Waals surface area contributed by atoms with E-state index in [4.69, 9.17) is 0 Å². The van der Waals surface area contributed by atoms with E-state index in [1.807, 2.05) is 7.05 Å². The van der Waals surface area contributed by atoms with Crippen LogP contribution in [0.2, 0.25) is 0 Å². The van der Waals surface area contributed by atoms with Crippen LogP contribution in [0, 0.1) is 0 Å². The summed E-state index contributed by atoms with van der Waals surface area (Å²) in [4.78, 5) is 0. The van der Waals surface area contributed by atoms with Crippen LogP contribution in [-0.4, -0.2) is 41.2 Å². The fraction of sp³-hybridized carbons (Fsp3) is 0.750. The van der Waals surface area contributed by atoms with Gasteiger partial charge in [0.15, 0.2) is 9.84 Å². The Morgan fingerprint density at radius 2 is 2.27 bits per heavy atom. The molecule has 0 radical (unpaired) electrons. The number of aromatic nitrogens is 3. The van der Waals surface area contributed by atoms with E-state index >= 15 is 0 Å². The molecule has 0 bridgehead atoms. The average molecular weight is 232 g/mol. The number of rotatable bonds is 6. The molecule has 0 unspecified atom stereocenters. The third-order valence-electron chi connectivity index (χ3n) is 2.12. The van der Waals surface area contributed by atoms with Gasteiger partial charge in [-0.15, -0.1) is 10.2 Å². The largest absolute Gasteiger partial charge is 0.320 e. The van der Waals surface area contributed by atoms with Crippen molar-refractivity contribution >= 4 is 9.84 Å². The summed E-state index contributed by atoms with van der Waals surface area (Å²) < 4.78 is 24.1. The van der Waals surface area contributed by atoms with E-state index < -0.39 is 9.84 Å². The Labute approximate surface area is 89.6 Å². The van der Waals surface area contributed by atoms with Gasteiger partial charge in [-0.25, -0.2) is 8.42 Å². The fourth-order valence-electron chi connectivity index (χ4n) is 1.04. The van der Waals surface area contributed by atoms with Crippen molar-refractivity contribution in [3.05, 3.63) is 12.2 Å². The zero-order valence-corrected chi connectivity index (χ0v) is 9.79. The van der Waals surface area contributed by atoms with E-state index in [2.05, 4.69) is 15.5 Å². The van der Waals surface area contributed by atoms with Crippen molar-refractivity contribution in [2.45, 2.75) is 13.5 Å². The maximum Gasteiger partial charge on any atom is 0.151 e. The highest BCUT2D eigenvalue weighted by atomic mass is 32.2. The Hall–Kier alpha value is -0.950. The second-order valence-corrected chi connectivity index (χ2v) is 5.74. The minimum absolute atomic E-state index is 0.168. The molecule has 7 heteroatoms. The highest BCUT2D eigenvalue weighted by molar-refractivity contribution is 7.91. The second-order valence-electron chi connectivity index (χ2n) is 3.27. The lowest BCUT2D eigenvalue weighted by Crippen LogP contribution is -2.24. The summed E-state index contributed by atoms with van der Waals surface area (Å²) in [6.07, 6.45) is 1.61. The molecule has 1 N–H and O–H groups in total. The molecule has 1 heterocycles. The Bertz CT molecular complexity index is 399. The van der Waals surface area contributed by atoms with Crippen molar-refractivity contribution in [1.82, 2.24) is 20.1 Å². The van der Waals surface area contributed by atoms with Crippen molar-refractivity contribution in [3.63, 3.8) is 0 Å². The van der Waals surface area contributed by atoms with Crippen LogP contribution in [0.3, 0.4) is 0 Å². The maximum atomic E-state index is 11.2. The molecular formula is C8H16N4O2S. The predicted octanol–water partition coefficient (Wildman–Crippen LogP) is -0.661. The van der Waals surface area contributed by atoms with E-state index in [9.17, 15) is 8.42 Å². The molecule has 86 valence electrons. The van der Waals surface area contributed by atoms with E-state index in [-0.39, 0.29) is 11.5 Å². The molecule has 0 spiro atoms. The molecule has 0 fully saturated rings. The Balaban J connectivity index is 2.26. The highest BCUT2D eigenvalue weighted by Crippen LogP contribution is 1.91. The first-order chi connectivity index (χ1) is 7.05. The molecular weight excluding hydrogens is 216 g/mol. The Kier molecular flexibility index (Phi) is 4.22. The summed E-state index contributed by atoms with van der Waals surface area (Å²) in [7, 11) is -1.03. The van der Waals surface area contributed by atoms with Gasteiger partial charge in [0.05, 0.1) is 12.3 Å². The zero-order chi connectivity index (χ0) is 11.3. The minimum atomic E-state index is -2.88. The molecule has 0 aromatic carbocycles. The van der Waals surface area contributed by atoms with E-state index in [1.165, 1.54) is 0 Å². The minimum Gasteiger partial charge on any atom is -0.320 e. The lowest BCUT2D eigenvalue weighted by atomic mass is 10.5. The second kappa shape index (κ2) is 5.22. The summed E-state index contributed by atoms with van der Waals surface area (Å²) >= 11 is 0. The molecule has 0 saturated carbocycles. The summed E-state index contributed by atoms with van der Waals surface area (Å²) in [5.41, 5.74) is 0. The highest BCUT2D eigenvalue weighted by Gasteiger charge is 2.06. The third kappa shape index (κ3) is 3.96. The quantitative estimate of drug-likeness (QED) is 0.659. The molecule has 0 aliphatic rings. The van der Waals surface area contributed by atoms with Crippen molar-refractivity contribution in [2.75, 3.05) is 18.1 Å². The van der Waals surface area contributed by atoms with Crippen molar-refractivity contribution < 1.29 is 8.42 Å². The van der Waals surface area contributed by atoms with E-state index in [0.29, 0.717) is 13.1 Å². The summed E-state index contributed by atoms with van der Waals surface area (Å²) in [5.74, 6) is 1.16. The van der Waals surface area contributed by atoms with Crippen molar-refractivity contribution in [1.29, 1.82) is 0 Å². The fourth-order valence-corrected chi connectivity index (χ4v) is 1.78. The van der Waals surface area contributed by atoms with Gasteiger partial charge >= 0.3 is 0 Å². The molecule has 0 atom stereocenters. The Morgan fingerprint density at radius 3 is 2.80 bits per heavy atom. The van der Waals surface area contributed by atoms with Crippen LogP contribution in [-0.2, 0) is 23.4 Å². The Morgan fingerprint density at radius 1 is 1.53 bits per heavy atom. The first-order valence-corrected chi connectivity index (χ1v) is 6.61. The molecule has 0 saturated heterocycles. The number of sulfone groups is 1. The monoisotopic (exact) mass is 232 g/mol. The van der Waals surface area contributed by atoms with Gasteiger partial charge in [-0.2, -0.15) is 0 Å². The van der Waals surface area contributed by atoms with Crippen LogP contribution in [0.5, 0.6) is 0 Å². The van der Waals surface area contributed by atoms with E-state index in [1.54, 1.807) is 17.8 Å². The molecule has 15 heavy (non-hydrogen) atoms. The summed E-state index contributed by atoms with van der Waals surface area (Å²) in [6.45, 7) is 2.64. The van der Waals surface area contributed by atoms with Crippen LogP contribution in [0.1, 0.15) is 12.7 Å². The molecule has 1 aromatic heterocycles. The molecule has 0 aliphatic heterocycles. The number of hydrogen-bond donors (Lipinski definition) is 1. The average Bonchev–Trinajstić information content (AvgIpc) is 2.59. The van der Waals surface area contributed by atoms with Crippen LogP contribution >= 0.6 is 0 Å². The lowest BCUT2D eigenvalue weighted by molar-refractivity contribution is 0.589. The molecule has 1 rings (SSSR count). The lowest BCUT2D eigenvalue weighted by Gasteiger charge is -2.03. The maximum absolute atomic E-state index is 11.2. The van der Waals surface area contributed by atoms with Crippen LogP contribution in [0.25, 0.3) is 0 Å². The van der Waals surface area contributed by atoms with Crippen LogP contribution in [0.15, 0.2) is 6.33 Å². The van der Waals surface area contributed by atoms with Crippen molar-refractivity contribution in [3.8, 4) is 0 Å². The predicted molar refractivity (Wildman–Crippen MR) is 57.0 cm³/mol. The molecule has 1 aromatic rings. The van der Waals surface area contributed by atoms with Gasteiger partial charge in [0.2, 0.25) is 0 Å². The van der Waals surface area contributed by atoms with Crippen molar-refractivity contribution in [2.24, 2.45) is 7.05 Å². The van der Waals surface area contributed by atoms with Gasteiger partial charge in [-0.1, -0.05) is 6.92 Å². The van der Waals surface area contributed by atoms with Gasteiger partial charge in [0.25, 0.3) is 0 Å². The number of hydrogen-bond acceptors (Lipinski definition) is 5. The van der Waals surface area contributed by atoms with Gasteiger partial charge in [0.1, 0.15) is 12.2 Å². The van der Waals surface area contributed by atoms with Gasteiger partial charge in [-0.05, 0) is 0 Å². The SMILES string of the molecule is CCS(=O)(=O)CCNCc1nncn1C. The van der Waals surface area contributed by atoms with Crippen LogP contribution < -0.4 is 5.32 Å². The van der Waals surface area contributed by atoms with Crippen LogP contribution in [0.4, 0.5) is 0 Å². The van der Waals surface area contributed by atoms with Gasteiger partial charge in [0, 0.05) is 19.3 Å².